The number of ether oxygens (including phenoxy) is 3. The molecule has 1 aliphatic rings. The van der Waals surface area contributed by atoms with Crippen LogP contribution in [0.1, 0.15) is 45.7 Å². The van der Waals surface area contributed by atoms with Crippen molar-refractivity contribution in [3.05, 3.63) is 100 Å². The first kappa shape index (κ1) is 26.3. The summed E-state index contributed by atoms with van der Waals surface area (Å²) in [4.78, 5) is 40.7. The van der Waals surface area contributed by atoms with Crippen LogP contribution in [-0.4, -0.2) is 31.0 Å². The maximum absolute atomic E-state index is 14.0. The topological polar surface area (TPSA) is 82.1 Å². The van der Waals surface area contributed by atoms with Crippen molar-refractivity contribution in [1.82, 2.24) is 0 Å². The molecule has 7 nitrogen and oxygen atoms in total. The van der Waals surface area contributed by atoms with Crippen LogP contribution in [-0.2, 0) is 22.6 Å². The predicted molar refractivity (Wildman–Crippen MR) is 149 cm³/mol. The molecule has 198 valence electrons. The highest BCUT2D eigenvalue weighted by atomic mass is 35.5. The molecule has 0 saturated carbocycles. The summed E-state index contributed by atoms with van der Waals surface area (Å²) >= 11 is 6.56. The third kappa shape index (κ3) is 5.05. The molecule has 0 radical (unpaired) electrons. The smallest absolute Gasteiger partial charge is 0.310 e. The van der Waals surface area contributed by atoms with Gasteiger partial charge in [0, 0.05) is 5.39 Å². The zero-order chi connectivity index (χ0) is 27.5. The minimum atomic E-state index is -0.543. The average molecular weight is 544 g/mol. The van der Waals surface area contributed by atoms with Crippen LogP contribution in [0.25, 0.3) is 10.8 Å². The summed E-state index contributed by atoms with van der Waals surface area (Å²) in [6.45, 7) is 4.42. The van der Waals surface area contributed by atoms with Crippen LogP contribution in [0.4, 0.5) is 5.69 Å². The zero-order valence-electron chi connectivity index (χ0n) is 21.5. The summed E-state index contributed by atoms with van der Waals surface area (Å²) in [7, 11) is 0. The lowest BCUT2D eigenvalue weighted by molar-refractivity contribution is -0.142. The molecule has 2 amide bonds. The quantitative estimate of drug-likeness (QED) is 0.180. The van der Waals surface area contributed by atoms with Crippen molar-refractivity contribution in [3.8, 4) is 11.5 Å². The van der Waals surface area contributed by atoms with E-state index >= 15 is 0 Å². The second-order valence-corrected chi connectivity index (χ2v) is 9.31. The number of halogens is 1. The van der Waals surface area contributed by atoms with E-state index in [0.29, 0.717) is 41.0 Å². The van der Waals surface area contributed by atoms with E-state index in [1.54, 1.807) is 37.3 Å². The summed E-state index contributed by atoms with van der Waals surface area (Å²) in [5, 5.41) is 1.40. The molecule has 4 aromatic rings. The standard InChI is InChI=1S/C31H26ClNO6/c1-3-37-25-17-21-11-8-12-24(39-18-19-9-6-5-7-10-19)27(21)29-28(25)30(35)33(31(29)36)23-14-13-20(15-22(23)32)16-26(34)38-4-2/h5-15,17H,3-4,16,18H2,1-2H3. The van der Waals surface area contributed by atoms with Gasteiger partial charge in [-0.25, -0.2) is 4.90 Å². The number of amides is 2. The monoisotopic (exact) mass is 543 g/mol. The molecule has 4 aromatic carbocycles. The molecule has 39 heavy (non-hydrogen) atoms. The first-order valence-corrected chi connectivity index (χ1v) is 13.0. The number of carbonyl (C=O) groups is 3. The fraction of sp³-hybridized carbons (Fsp3) is 0.194. The molecule has 0 atom stereocenters. The minimum Gasteiger partial charge on any atom is -0.493 e. The van der Waals surface area contributed by atoms with Crippen molar-refractivity contribution in [1.29, 1.82) is 0 Å². The number of imide groups is 1. The fourth-order valence-corrected chi connectivity index (χ4v) is 4.99. The van der Waals surface area contributed by atoms with Crippen LogP contribution in [0.3, 0.4) is 0 Å². The number of nitrogens with zero attached hydrogens (tertiary/aromatic N) is 1. The van der Waals surface area contributed by atoms with Gasteiger partial charge in [0.05, 0.1) is 41.5 Å². The van der Waals surface area contributed by atoms with Crippen molar-refractivity contribution in [2.75, 3.05) is 18.1 Å². The number of benzene rings is 4. The highest BCUT2D eigenvalue weighted by molar-refractivity contribution is 6.42. The maximum atomic E-state index is 14.0. The predicted octanol–water partition coefficient (Wildman–Crippen LogP) is 6.38. The summed E-state index contributed by atoms with van der Waals surface area (Å²) < 4.78 is 17.0. The van der Waals surface area contributed by atoms with Crippen LogP contribution in [0.15, 0.2) is 72.8 Å². The Morgan fingerprint density at radius 1 is 0.795 bits per heavy atom. The maximum Gasteiger partial charge on any atom is 0.310 e. The second kappa shape index (κ2) is 11.2. The molecule has 0 aliphatic carbocycles. The van der Waals surface area contributed by atoms with Crippen LogP contribution >= 0.6 is 11.6 Å². The molecule has 0 saturated heterocycles. The van der Waals surface area contributed by atoms with Gasteiger partial charge >= 0.3 is 5.97 Å². The molecule has 0 unspecified atom stereocenters. The van der Waals surface area contributed by atoms with Gasteiger partial charge < -0.3 is 14.2 Å². The Labute approximate surface area is 230 Å². The van der Waals surface area contributed by atoms with Crippen molar-refractivity contribution in [2.24, 2.45) is 0 Å². The van der Waals surface area contributed by atoms with Crippen molar-refractivity contribution >= 4 is 45.8 Å². The lowest BCUT2D eigenvalue weighted by Crippen LogP contribution is -2.29. The number of rotatable bonds is 9. The lowest BCUT2D eigenvalue weighted by Gasteiger charge is -2.16. The zero-order valence-corrected chi connectivity index (χ0v) is 22.3. The Morgan fingerprint density at radius 2 is 1.56 bits per heavy atom. The van der Waals surface area contributed by atoms with Gasteiger partial charge in [-0.1, -0.05) is 60.1 Å². The van der Waals surface area contributed by atoms with Gasteiger partial charge in [-0.3, -0.25) is 14.4 Å². The van der Waals surface area contributed by atoms with Gasteiger partial charge in [-0.05, 0) is 54.6 Å². The van der Waals surface area contributed by atoms with Crippen molar-refractivity contribution in [3.63, 3.8) is 0 Å². The Hall–Kier alpha value is -4.36. The largest absolute Gasteiger partial charge is 0.493 e. The van der Waals surface area contributed by atoms with Crippen LogP contribution in [0.5, 0.6) is 11.5 Å². The van der Waals surface area contributed by atoms with Gasteiger partial charge in [0.1, 0.15) is 18.1 Å². The minimum absolute atomic E-state index is 0.0250. The molecule has 0 fully saturated rings. The third-order valence-electron chi connectivity index (χ3n) is 6.37. The molecule has 0 aromatic heterocycles. The number of fused-ring (bicyclic) bond motifs is 3. The van der Waals surface area contributed by atoms with E-state index < -0.39 is 17.8 Å². The molecule has 0 bridgehead atoms. The van der Waals surface area contributed by atoms with Crippen LogP contribution in [0.2, 0.25) is 5.02 Å². The Morgan fingerprint density at radius 3 is 2.28 bits per heavy atom. The number of esters is 1. The summed E-state index contributed by atoms with van der Waals surface area (Å²) in [5.74, 6) is -0.667. The average Bonchev–Trinajstić information content (AvgIpc) is 3.18. The lowest BCUT2D eigenvalue weighted by atomic mass is 9.98. The highest BCUT2D eigenvalue weighted by Gasteiger charge is 2.42. The molecular formula is C31H26ClNO6. The number of hydrogen-bond acceptors (Lipinski definition) is 6. The summed E-state index contributed by atoms with van der Waals surface area (Å²) in [6, 6.07) is 21.7. The Bertz CT molecular complexity index is 1580. The summed E-state index contributed by atoms with van der Waals surface area (Å²) in [5.41, 5.74) is 2.16. The van der Waals surface area contributed by atoms with Gasteiger partial charge in [0.15, 0.2) is 0 Å². The van der Waals surface area contributed by atoms with Crippen LogP contribution < -0.4 is 14.4 Å². The van der Waals surface area contributed by atoms with Gasteiger partial charge in [0.2, 0.25) is 0 Å². The molecule has 1 aliphatic heterocycles. The van der Waals surface area contributed by atoms with E-state index in [1.807, 2.05) is 49.4 Å². The van der Waals surface area contributed by atoms with Crippen molar-refractivity contribution in [2.45, 2.75) is 26.9 Å². The first-order valence-electron chi connectivity index (χ1n) is 12.6. The van der Waals surface area contributed by atoms with E-state index in [4.69, 9.17) is 25.8 Å². The normalized spacial score (nSPS) is 12.5. The molecule has 1 heterocycles. The molecule has 5 rings (SSSR count). The molecule has 0 spiro atoms. The Balaban J connectivity index is 1.58. The number of hydrogen-bond donors (Lipinski definition) is 0. The second-order valence-electron chi connectivity index (χ2n) is 8.90. The Kier molecular flexibility index (Phi) is 7.52. The SMILES string of the molecule is CCOC(=O)Cc1ccc(N2C(=O)c3c(OCC)cc4cccc(OCc5ccccc5)c4c3C2=O)c(Cl)c1. The van der Waals surface area contributed by atoms with E-state index in [0.717, 1.165) is 10.5 Å². The van der Waals surface area contributed by atoms with Crippen LogP contribution in [0, 0.1) is 0 Å². The van der Waals surface area contributed by atoms with E-state index in [1.165, 1.54) is 0 Å². The molecular weight excluding hydrogens is 518 g/mol. The van der Waals surface area contributed by atoms with E-state index in [-0.39, 0.29) is 34.9 Å². The highest BCUT2D eigenvalue weighted by Crippen LogP contribution is 2.44. The molecule has 0 N–H and O–H groups in total. The van der Waals surface area contributed by atoms with Crippen molar-refractivity contribution < 1.29 is 28.6 Å². The van der Waals surface area contributed by atoms with Gasteiger partial charge in [-0.2, -0.15) is 0 Å². The van der Waals surface area contributed by atoms with Gasteiger partial charge in [0.25, 0.3) is 11.8 Å². The number of carbonyl (C=O) groups excluding carboxylic acids is 3. The first-order chi connectivity index (χ1) is 18.9. The van der Waals surface area contributed by atoms with E-state index in [2.05, 4.69) is 0 Å². The van der Waals surface area contributed by atoms with Gasteiger partial charge in [-0.15, -0.1) is 0 Å². The third-order valence-corrected chi connectivity index (χ3v) is 6.67. The molecule has 8 heteroatoms. The summed E-state index contributed by atoms with van der Waals surface area (Å²) in [6.07, 6.45) is 0.0250. The fourth-order valence-electron chi connectivity index (χ4n) is 4.70. The number of anilines is 1. The van der Waals surface area contributed by atoms with E-state index in [9.17, 15) is 14.4 Å².